The largest absolute Gasteiger partial charge is 0.389 e. The number of aromatic nitrogens is 2. The van der Waals surface area contributed by atoms with E-state index in [2.05, 4.69) is 9.97 Å². The van der Waals surface area contributed by atoms with Gasteiger partial charge in [0, 0.05) is 31.8 Å². The van der Waals surface area contributed by atoms with E-state index in [-0.39, 0.29) is 17.4 Å². The first kappa shape index (κ1) is 17.2. The summed E-state index contributed by atoms with van der Waals surface area (Å²) in [6.07, 6.45) is 5.51. The Labute approximate surface area is 152 Å². The number of nitrogens with zero attached hydrogens (tertiary/aromatic N) is 2. The first-order valence-corrected chi connectivity index (χ1v) is 9.53. The molecule has 1 saturated carbocycles. The zero-order chi connectivity index (χ0) is 18.1. The van der Waals surface area contributed by atoms with Crippen LogP contribution in [0.3, 0.4) is 0 Å². The first-order chi connectivity index (χ1) is 12.5. The lowest BCUT2D eigenvalue weighted by Crippen LogP contribution is -2.54. The van der Waals surface area contributed by atoms with Gasteiger partial charge in [-0.1, -0.05) is 25.0 Å². The van der Waals surface area contributed by atoms with Gasteiger partial charge in [0.05, 0.1) is 16.5 Å². The van der Waals surface area contributed by atoms with E-state index in [4.69, 9.17) is 0 Å². The van der Waals surface area contributed by atoms with E-state index < -0.39 is 5.60 Å². The van der Waals surface area contributed by atoms with Crippen LogP contribution in [0.1, 0.15) is 44.3 Å². The van der Waals surface area contributed by atoms with Gasteiger partial charge < -0.3 is 15.0 Å². The lowest BCUT2D eigenvalue weighted by Gasteiger charge is -2.47. The molecule has 1 aromatic heterocycles. The number of likely N-dealkylation sites (tertiary alicyclic amines) is 1. The summed E-state index contributed by atoms with van der Waals surface area (Å²) in [5.74, 6) is 0.828. The third-order valence-electron chi connectivity index (χ3n) is 6.02. The number of fused-ring (bicyclic) bond motifs is 2. The highest BCUT2D eigenvalue weighted by atomic mass is 16.3. The number of piperidine rings is 1. The van der Waals surface area contributed by atoms with Crippen molar-refractivity contribution in [3.8, 4) is 0 Å². The molecule has 138 valence electrons. The van der Waals surface area contributed by atoms with Gasteiger partial charge >= 0.3 is 0 Å². The van der Waals surface area contributed by atoms with Crippen LogP contribution < -0.4 is 5.56 Å². The van der Waals surface area contributed by atoms with Gasteiger partial charge in [0.25, 0.3) is 5.56 Å². The maximum atomic E-state index is 12.6. The number of carbonyl (C=O) groups is 1. The number of rotatable bonds is 3. The number of para-hydroxylation sites is 1. The molecular weight excluding hydrogens is 330 g/mol. The maximum absolute atomic E-state index is 12.6. The van der Waals surface area contributed by atoms with Crippen molar-refractivity contribution in [3.05, 3.63) is 40.4 Å². The molecule has 1 aromatic carbocycles. The number of amides is 1. The van der Waals surface area contributed by atoms with E-state index in [9.17, 15) is 14.7 Å². The highest BCUT2D eigenvalue weighted by Crippen LogP contribution is 2.39. The minimum Gasteiger partial charge on any atom is -0.389 e. The summed E-state index contributed by atoms with van der Waals surface area (Å²) < 4.78 is 0. The van der Waals surface area contributed by atoms with Crippen LogP contribution >= 0.6 is 0 Å². The zero-order valence-corrected chi connectivity index (χ0v) is 14.9. The average Bonchev–Trinajstić information content (AvgIpc) is 2.65. The number of H-pyrrole nitrogens is 1. The van der Waals surface area contributed by atoms with Crippen LogP contribution in [0.15, 0.2) is 29.1 Å². The summed E-state index contributed by atoms with van der Waals surface area (Å²) >= 11 is 0. The Balaban J connectivity index is 1.41. The van der Waals surface area contributed by atoms with Crippen LogP contribution in [0.4, 0.5) is 0 Å². The number of aryl methyl sites for hydroxylation is 1. The monoisotopic (exact) mass is 355 g/mol. The van der Waals surface area contributed by atoms with Gasteiger partial charge in [-0.15, -0.1) is 0 Å². The molecule has 2 aromatic rings. The van der Waals surface area contributed by atoms with Crippen molar-refractivity contribution in [2.45, 2.75) is 50.5 Å². The van der Waals surface area contributed by atoms with Gasteiger partial charge in [0.1, 0.15) is 5.82 Å². The van der Waals surface area contributed by atoms with Crippen molar-refractivity contribution in [3.63, 3.8) is 0 Å². The summed E-state index contributed by atoms with van der Waals surface area (Å²) in [6, 6.07) is 7.22. The predicted octanol–water partition coefficient (Wildman–Crippen LogP) is 2.01. The van der Waals surface area contributed by atoms with Crippen molar-refractivity contribution in [1.82, 2.24) is 14.9 Å². The van der Waals surface area contributed by atoms with E-state index >= 15 is 0 Å². The standard InChI is InChI=1S/C20H25N3O3/c24-18(23-12-11-20(26)10-4-3-5-14(20)13-23)9-8-17-21-16-7-2-1-6-15(16)19(25)22-17/h1-2,6-7,14,26H,3-5,8-13H2,(H,21,22,25)/t14-,20+/m0/s1. The zero-order valence-electron chi connectivity index (χ0n) is 14.9. The highest BCUT2D eigenvalue weighted by Gasteiger charge is 2.43. The summed E-state index contributed by atoms with van der Waals surface area (Å²) in [7, 11) is 0. The Hall–Kier alpha value is -2.21. The molecule has 2 heterocycles. The Morgan fingerprint density at radius 1 is 1.31 bits per heavy atom. The summed E-state index contributed by atoms with van der Waals surface area (Å²) in [5, 5.41) is 11.3. The molecule has 1 saturated heterocycles. The molecule has 6 heteroatoms. The molecule has 0 spiro atoms. The molecule has 0 bridgehead atoms. The number of benzene rings is 1. The molecule has 0 unspecified atom stereocenters. The lowest BCUT2D eigenvalue weighted by atomic mass is 9.71. The Morgan fingerprint density at radius 3 is 3.04 bits per heavy atom. The van der Waals surface area contributed by atoms with Crippen LogP contribution in [0.25, 0.3) is 10.9 Å². The highest BCUT2D eigenvalue weighted by molar-refractivity contribution is 5.78. The van der Waals surface area contributed by atoms with Gasteiger partial charge in [0.2, 0.25) is 5.91 Å². The normalized spacial score (nSPS) is 25.9. The fourth-order valence-electron chi connectivity index (χ4n) is 4.43. The smallest absolute Gasteiger partial charge is 0.258 e. The SMILES string of the molecule is O=C(CCc1nc2ccccc2c(=O)[nH]1)N1CC[C@]2(O)CCCC[C@H]2C1. The molecule has 2 N–H and O–H groups in total. The molecule has 0 radical (unpaired) electrons. The fourth-order valence-corrected chi connectivity index (χ4v) is 4.43. The topological polar surface area (TPSA) is 86.3 Å². The minimum absolute atomic E-state index is 0.0773. The van der Waals surface area contributed by atoms with Crippen molar-refractivity contribution >= 4 is 16.8 Å². The van der Waals surface area contributed by atoms with Crippen LogP contribution in [-0.4, -0.2) is 44.6 Å². The molecule has 2 atom stereocenters. The van der Waals surface area contributed by atoms with Crippen molar-refractivity contribution in [1.29, 1.82) is 0 Å². The number of carbonyl (C=O) groups excluding carboxylic acids is 1. The molecule has 1 aliphatic heterocycles. The van der Waals surface area contributed by atoms with Gasteiger partial charge in [-0.3, -0.25) is 9.59 Å². The van der Waals surface area contributed by atoms with Crippen LogP contribution in [0, 0.1) is 5.92 Å². The molecule has 1 amide bonds. The Morgan fingerprint density at radius 2 is 2.15 bits per heavy atom. The summed E-state index contributed by atoms with van der Waals surface area (Å²) in [4.78, 5) is 33.9. The molecule has 2 fully saturated rings. The van der Waals surface area contributed by atoms with Gasteiger partial charge in [-0.2, -0.15) is 0 Å². The summed E-state index contributed by atoms with van der Waals surface area (Å²) in [6.45, 7) is 1.27. The second-order valence-electron chi connectivity index (χ2n) is 7.67. The van der Waals surface area contributed by atoms with Crippen LogP contribution in [-0.2, 0) is 11.2 Å². The third-order valence-corrected chi connectivity index (χ3v) is 6.02. The second-order valence-corrected chi connectivity index (χ2v) is 7.67. The second kappa shape index (κ2) is 6.83. The number of nitrogens with one attached hydrogen (secondary N) is 1. The molecule has 1 aliphatic carbocycles. The van der Waals surface area contributed by atoms with Gasteiger partial charge in [0.15, 0.2) is 0 Å². The number of aliphatic hydroxyl groups is 1. The predicted molar refractivity (Wildman–Crippen MR) is 98.8 cm³/mol. The minimum atomic E-state index is -0.569. The molecule has 6 nitrogen and oxygen atoms in total. The van der Waals surface area contributed by atoms with E-state index in [1.54, 1.807) is 6.07 Å². The summed E-state index contributed by atoms with van der Waals surface area (Å²) in [5.41, 5.74) is -0.0765. The third kappa shape index (κ3) is 3.26. The van der Waals surface area contributed by atoms with E-state index in [0.717, 1.165) is 25.7 Å². The Bertz CT molecular complexity index is 878. The van der Waals surface area contributed by atoms with Gasteiger partial charge in [-0.25, -0.2) is 4.98 Å². The van der Waals surface area contributed by atoms with Gasteiger partial charge in [-0.05, 0) is 31.4 Å². The first-order valence-electron chi connectivity index (χ1n) is 9.53. The maximum Gasteiger partial charge on any atom is 0.258 e. The number of aromatic amines is 1. The van der Waals surface area contributed by atoms with Crippen molar-refractivity contribution in [2.75, 3.05) is 13.1 Å². The van der Waals surface area contributed by atoms with Crippen molar-refractivity contribution < 1.29 is 9.90 Å². The molecule has 4 rings (SSSR count). The lowest BCUT2D eigenvalue weighted by molar-refractivity contribution is -0.143. The number of hydrogen-bond donors (Lipinski definition) is 2. The van der Waals surface area contributed by atoms with Crippen LogP contribution in [0.5, 0.6) is 0 Å². The van der Waals surface area contributed by atoms with Crippen LogP contribution in [0.2, 0.25) is 0 Å². The fraction of sp³-hybridized carbons (Fsp3) is 0.550. The molecular formula is C20H25N3O3. The number of hydrogen-bond acceptors (Lipinski definition) is 4. The van der Waals surface area contributed by atoms with E-state index in [1.807, 2.05) is 23.1 Å². The Kier molecular flexibility index (Phi) is 4.53. The quantitative estimate of drug-likeness (QED) is 0.882. The molecule has 2 aliphatic rings. The molecule has 26 heavy (non-hydrogen) atoms. The van der Waals surface area contributed by atoms with E-state index in [1.165, 1.54) is 0 Å². The average molecular weight is 355 g/mol. The van der Waals surface area contributed by atoms with E-state index in [0.29, 0.717) is 49.1 Å². The van der Waals surface area contributed by atoms with Crippen molar-refractivity contribution in [2.24, 2.45) is 5.92 Å².